The maximum absolute atomic E-state index is 8.86. The lowest BCUT2D eigenvalue weighted by Crippen LogP contribution is -2.18. The molecule has 0 aliphatic heterocycles. The molecule has 3 rings (SSSR count). The molecule has 0 aromatic heterocycles. The summed E-state index contributed by atoms with van der Waals surface area (Å²) in [6, 6.07) is 25.4. The van der Waals surface area contributed by atoms with E-state index in [2.05, 4.69) is 263 Å². The molecule has 3 aromatic rings. The van der Waals surface area contributed by atoms with E-state index < -0.39 is 0 Å². The molecule has 0 aliphatic rings. The van der Waals surface area contributed by atoms with Crippen LogP contribution in [0.25, 0.3) is 0 Å². The van der Waals surface area contributed by atoms with Crippen LogP contribution in [0.1, 0.15) is 527 Å². The first-order valence-electron chi connectivity index (χ1n) is 50.9. The second kappa shape index (κ2) is 130. The number of rotatable bonds is 50. The highest BCUT2D eigenvalue weighted by atomic mass is 17.2. The van der Waals surface area contributed by atoms with Crippen LogP contribution >= 0.6 is 0 Å². The Morgan fingerprint density at radius 2 is 0.655 bits per heavy atom. The monoisotopic (exact) mass is 1680 g/mol. The van der Waals surface area contributed by atoms with Crippen LogP contribution in [0.15, 0.2) is 97.3 Å². The number of benzene rings is 3. The van der Waals surface area contributed by atoms with Gasteiger partial charge in [-0.05, 0) is 140 Å². The van der Waals surface area contributed by atoms with Crippen molar-refractivity contribution in [2.45, 2.75) is 537 Å². The summed E-state index contributed by atoms with van der Waals surface area (Å²) in [4.78, 5) is 9.94. The highest BCUT2D eigenvalue weighted by Gasteiger charge is 2.22. The molecule has 2 atom stereocenters. The fourth-order valence-electron chi connectivity index (χ4n) is 9.35. The maximum Gasteiger partial charge on any atom is 0.135 e. The van der Waals surface area contributed by atoms with Crippen molar-refractivity contribution in [3.05, 3.63) is 120 Å². The van der Waals surface area contributed by atoms with Crippen molar-refractivity contribution < 1.29 is 33.8 Å². The van der Waals surface area contributed by atoms with Gasteiger partial charge in [-0.25, -0.2) is 0 Å². The van der Waals surface area contributed by atoms with Crippen molar-refractivity contribution in [3.63, 3.8) is 0 Å². The fraction of sp³-hybridized carbons (Fsp3) is 0.804. The van der Waals surface area contributed by atoms with Crippen LogP contribution in [0.5, 0.6) is 11.5 Å². The molecular weight excluding hydrogens is 1460 g/mol. The van der Waals surface area contributed by atoms with Gasteiger partial charge in [0, 0.05) is 25.2 Å². The summed E-state index contributed by atoms with van der Waals surface area (Å²) >= 11 is 0. The predicted molar refractivity (Wildman–Crippen MR) is 550 cm³/mol. The largest absolute Gasteiger partial charge is 0.494 e. The molecule has 0 saturated carbocycles. The minimum absolute atomic E-state index is 0.0509. The van der Waals surface area contributed by atoms with Gasteiger partial charge < -0.3 is 28.9 Å². The number of unbranched alkanes of at least 4 members (excludes halogenated alkanes) is 26. The molecule has 119 heavy (non-hydrogen) atoms. The van der Waals surface area contributed by atoms with Crippen LogP contribution in [0, 0.1) is 31.6 Å². The van der Waals surface area contributed by atoms with Crippen LogP contribution < -0.4 is 9.47 Å². The first kappa shape index (κ1) is 141. The number of ether oxygens (including phenoxy) is 4. The van der Waals surface area contributed by atoms with Gasteiger partial charge in [0.1, 0.15) is 23.9 Å². The van der Waals surface area contributed by atoms with Gasteiger partial charge in [0.05, 0.1) is 25.4 Å². The summed E-state index contributed by atoms with van der Waals surface area (Å²) in [5.41, 5.74) is 5.43. The molecule has 3 aromatic carbocycles. The minimum Gasteiger partial charge on any atom is -0.494 e. The maximum atomic E-state index is 8.86. The average Bonchev–Trinajstić information content (AvgIpc) is 0.808. The Labute approximate surface area is 754 Å². The van der Waals surface area contributed by atoms with Crippen LogP contribution in [0.3, 0.4) is 0 Å². The topological polar surface area (TPSA) is 75.6 Å². The second-order valence-electron chi connectivity index (χ2n) is 33.2. The molecule has 2 unspecified atom stereocenters. The van der Waals surface area contributed by atoms with Crippen molar-refractivity contribution >= 4 is 0 Å². The Bertz CT molecular complexity index is 2010. The summed E-state index contributed by atoms with van der Waals surface area (Å²) in [7, 11) is 0. The normalized spacial score (nSPS) is 10.5. The van der Waals surface area contributed by atoms with Crippen LogP contribution in [-0.2, 0) is 24.7 Å². The van der Waals surface area contributed by atoms with Crippen LogP contribution in [0.2, 0.25) is 0 Å². The molecule has 0 radical (unpaired) electrons. The zero-order valence-electron chi connectivity index (χ0n) is 88.5. The summed E-state index contributed by atoms with van der Waals surface area (Å²) in [5, 5.41) is 8.86. The highest BCUT2D eigenvalue weighted by Crippen LogP contribution is 2.32. The predicted octanol–water partition coefficient (Wildman–Crippen LogP) is 39.5. The van der Waals surface area contributed by atoms with Gasteiger partial charge in [0.2, 0.25) is 0 Å². The van der Waals surface area contributed by atoms with Gasteiger partial charge in [-0.1, -0.05) is 504 Å². The zero-order valence-corrected chi connectivity index (χ0v) is 88.5. The standard InChI is InChI=1S/C17H20.C12H26.C11H22O3.C11H16O2.C10H22.2C6H14O.2C6H14.4C5H12.C4H10.C3H6/c1-13-5-9-15(10-6-13)17(3,4)16-11-7-14(2)8-12-16;1-3-5-7-9-11-12-10-8-6-4-2;1-6-10(4)14-13-8-11(5)12-7-9(2)3;1-3-9-13-11-7-5-10(6-8-11)12-4-2;1-3-5-7-9-10-8-6-4-2;1-3-5-7-6-4-2;1-3-5-6(7)4-2;1-4-6(3)5-2;1-3-5-6-4-2;1-4-5(2)3;3*1-3-5-4-2;1-3-4-2;1-3-2/h5-12H,1-4H3;3-12H2,1-2H3;6,9,11H,7-8H2,1-5H3;5-8H,3-4,9H2,1-2H3;3-10H2,1-2H3;3-6H2,1-2H3;6-7H,3-5H2,1-2H3;6H,4-5H2,1-3H3;3-6H2,1-2H3;5H,4H2,1-3H3;3*3-5H2,1-2H3;3-4H2,1-2H3;3H,1H2,2H3/b;;10-6-;;;;;;;;;;;;. The third-order valence-electron chi connectivity index (χ3n) is 18.8. The van der Waals surface area contributed by atoms with Crippen molar-refractivity contribution in [3.8, 4) is 11.5 Å². The van der Waals surface area contributed by atoms with Gasteiger partial charge in [0.25, 0.3) is 0 Å². The van der Waals surface area contributed by atoms with E-state index in [4.69, 9.17) is 33.8 Å². The van der Waals surface area contributed by atoms with Gasteiger partial charge in [0.15, 0.2) is 0 Å². The molecule has 0 aliphatic carbocycles. The molecule has 0 saturated heterocycles. The first-order chi connectivity index (χ1) is 57.0. The highest BCUT2D eigenvalue weighted by molar-refractivity contribution is 5.39. The lowest BCUT2D eigenvalue weighted by Gasteiger charge is -2.26. The van der Waals surface area contributed by atoms with Gasteiger partial charge in [-0.2, -0.15) is 4.89 Å². The number of hydrogen-bond acceptors (Lipinski definition) is 7. The third-order valence-corrected chi connectivity index (χ3v) is 18.8. The van der Waals surface area contributed by atoms with E-state index in [9.17, 15) is 0 Å². The van der Waals surface area contributed by atoms with Crippen molar-refractivity contribution in [1.82, 2.24) is 0 Å². The van der Waals surface area contributed by atoms with Gasteiger partial charge >= 0.3 is 0 Å². The summed E-state index contributed by atoms with van der Waals surface area (Å²) in [6.07, 6.45) is 60.1. The van der Waals surface area contributed by atoms with Crippen LogP contribution in [0.4, 0.5) is 0 Å². The van der Waals surface area contributed by atoms with Gasteiger partial charge in [-0.3, -0.25) is 0 Å². The third kappa shape index (κ3) is 146. The van der Waals surface area contributed by atoms with Crippen molar-refractivity contribution in [2.24, 2.45) is 17.8 Å². The number of hydrogen-bond donors (Lipinski definition) is 1. The van der Waals surface area contributed by atoms with Crippen molar-refractivity contribution in [2.75, 3.05) is 39.6 Å². The van der Waals surface area contributed by atoms with E-state index in [0.717, 1.165) is 94.0 Å². The van der Waals surface area contributed by atoms with Crippen LogP contribution in [-0.4, -0.2) is 57.0 Å². The molecular formula is C112H226O7. The lowest BCUT2D eigenvalue weighted by molar-refractivity contribution is -0.276. The Morgan fingerprint density at radius 3 is 0.866 bits per heavy atom. The smallest absolute Gasteiger partial charge is 0.135 e. The fourth-order valence-corrected chi connectivity index (χ4v) is 9.35. The molecule has 0 spiro atoms. The Morgan fingerprint density at radius 1 is 0.361 bits per heavy atom. The first-order valence-corrected chi connectivity index (χ1v) is 50.9. The SMILES string of the molecule is C/C=C(/C)OOCC(C)OCC(C)C.C=CC.CCC(C)C.CCC(C)CC.CCCC.CCCC(O)CC.CCCCC.CCCCC.CCCCC.CCCCCC.CCCCCCCCCC.CCCCCCCCCCCC.CCCOCCC.CCCOc1ccc(OCC)cc1.Cc1ccc(C(C)(C)c2ccc(C)cc2)cc1. The van der Waals surface area contributed by atoms with Crippen molar-refractivity contribution in [1.29, 1.82) is 0 Å². The zero-order chi connectivity index (χ0) is 93.5. The van der Waals surface area contributed by atoms with E-state index in [1.54, 1.807) is 6.08 Å². The number of aliphatic hydroxyl groups excluding tert-OH is 1. The number of aliphatic hydroxyl groups is 1. The Balaban J connectivity index is -0.000000106. The van der Waals surface area contributed by atoms with E-state index in [-0.39, 0.29) is 17.6 Å². The molecule has 1 N–H and O–H groups in total. The minimum atomic E-state index is -0.0509. The average molecular weight is 1690 g/mol. The van der Waals surface area contributed by atoms with E-state index in [0.29, 0.717) is 19.1 Å². The van der Waals surface area contributed by atoms with Gasteiger partial charge in [-0.15, -0.1) is 6.58 Å². The molecule has 0 amide bonds. The Kier molecular flexibility index (Phi) is 154. The molecule has 0 heterocycles. The number of aryl methyl sites for hydroxylation is 2. The molecule has 7 heteroatoms. The summed E-state index contributed by atoms with van der Waals surface area (Å²) in [6.45, 7) is 85.5. The molecule has 7 nitrogen and oxygen atoms in total. The molecule has 0 bridgehead atoms. The second-order valence-corrected chi connectivity index (χ2v) is 33.2. The Hall–Kier alpha value is -3.62. The lowest BCUT2D eigenvalue weighted by atomic mass is 9.78. The van der Waals surface area contributed by atoms with E-state index in [1.807, 2.05) is 71.9 Å². The number of allylic oxidation sites excluding steroid dienone is 3. The quantitative estimate of drug-likeness (QED) is 0.0198. The molecule has 716 valence electrons. The van der Waals surface area contributed by atoms with E-state index >= 15 is 0 Å². The summed E-state index contributed by atoms with van der Waals surface area (Å²) in [5.74, 6) is 4.94. The molecule has 0 fully saturated rings. The summed E-state index contributed by atoms with van der Waals surface area (Å²) < 4.78 is 21.4. The van der Waals surface area contributed by atoms with E-state index in [1.165, 1.54) is 253 Å².